The van der Waals surface area contributed by atoms with Crippen molar-refractivity contribution in [3.63, 3.8) is 0 Å². The quantitative estimate of drug-likeness (QED) is 0.587. The van der Waals surface area contributed by atoms with Crippen LogP contribution in [-0.4, -0.2) is 18.7 Å². The van der Waals surface area contributed by atoms with Crippen molar-refractivity contribution in [3.05, 3.63) is 82.9 Å². The first kappa shape index (κ1) is 18.5. The topological polar surface area (TPSA) is 32.0 Å². The minimum Gasteiger partial charge on any atom is -0.378 e. The molecule has 3 rings (SSSR count). The fraction of sp³-hybridized carbons (Fsp3) is 0.174. The predicted octanol–water partition coefficient (Wildman–Crippen LogP) is 5.36. The first-order valence-corrected chi connectivity index (χ1v) is 8.75. The number of halogens is 1. The number of aryl methyl sites for hydroxylation is 1. The minimum absolute atomic E-state index is 0.310. The molecule has 4 heteroatoms. The van der Waals surface area contributed by atoms with Crippen molar-refractivity contribution >= 4 is 17.3 Å². The Morgan fingerprint density at radius 1 is 1.04 bits per heavy atom. The van der Waals surface area contributed by atoms with E-state index in [4.69, 9.17) is 0 Å². The summed E-state index contributed by atoms with van der Waals surface area (Å²) in [7, 11) is 4.03. The van der Waals surface area contributed by atoms with Crippen molar-refractivity contribution in [2.75, 3.05) is 19.0 Å². The number of hydrogen-bond donors (Lipinski definition) is 0. The molecule has 0 aliphatic carbocycles. The van der Waals surface area contributed by atoms with E-state index in [1.807, 2.05) is 34.0 Å². The molecule has 0 unspecified atom stereocenters. The molecule has 0 N–H and O–H groups in total. The molecular formula is C23H22FN3. The summed E-state index contributed by atoms with van der Waals surface area (Å²) >= 11 is 0. The monoisotopic (exact) mass is 359 g/mol. The predicted molar refractivity (Wildman–Crippen MR) is 109 cm³/mol. The second-order valence-corrected chi connectivity index (χ2v) is 6.75. The summed E-state index contributed by atoms with van der Waals surface area (Å²) in [4.78, 5) is 2.06. The molecule has 1 heterocycles. The van der Waals surface area contributed by atoms with Crippen molar-refractivity contribution in [2.24, 2.45) is 0 Å². The number of aromatic nitrogens is 1. The Labute approximate surface area is 159 Å². The molecule has 27 heavy (non-hydrogen) atoms. The highest BCUT2D eigenvalue weighted by atomic mass is 19.1. The molecule has 0 saturated heterocycles. The van der Waals surface area contributed by atoms with Gasteiger partial charge in [-0.25, -0.2) is 4.39 Å². The van der Waals surface area contributed by atoms with Gasteiger partial charge in [-0.15, -0.1) is 0 Å². The number of nitrogens with zero attached hydrogens (tertiary/aromatic N) is 3. The number of nitriles is 1. The number of allylic oxidation sites excluding steroid dienone is 1. The molecule has 3 nitrogen and oxygen atoms in total. The van der Waals surface area contributed by atoms with Gasteiger partial charge in [0.25, 0.3) is 0 Å². The summed E-state index contributed by atoms with van der Waals surface area (Å²) in [6.45, 7) is 4.09. The molecule has 3 aromatic rings. The summed E-state index contributed by atoms with van der Waals surface area (Å²) < 4.78 is 15.3. The second kappa shape index (κ2) is 7.51. The smallest absolute Gasteiger partial charge is 0.123 e. The summed E-state index contributed by atoms with van der Waals surface area (Å²) in [5, 5.41) is 9.55. The third kappa shape index (κ3) is 3.78. The Morgan fingerprint density at radius 3 is 2.22 bits per heavy atom. The van der Waals surface area contributed by atoms with Crippen molar-refractivity contribution in [1.29, 1.82) is 5.26 Å². The van der Waals surface area contributed by atoms with Crippen molar-refractivity contribution in [2.45, 2.75) is 13.8 Å². The van der Waals surface area contributed by atoms with Crippen molar-refractivity contribution in [3.8, 4) is 11.8 Å². The van der Waals surface area contributed by atoms with Gasteiger partial charge in [0.2, 0.25) is 0 Å². The van der Waals surface area contributed by atoms with Gasteiger partial charge in [-0.3, -0.25) is 0 Å². The molecule has 136 valence electrons. The van der Waals surface area contributed by atoms with Crippen LogP contribution in [0, 0.1) is 31.0 Å². The van der Waals surface area contributed by atoms with Crippen LogP contribution in [0.4, 0.5) is 10.1 Å². The van der Waals surface area contributed by atoms with Gasteiger partial charge in [-0.05, 0) is 73.5 Å². The molecular weight excluding hydrogens is 337 g/mol. The van der Waals surface area contributed by atoms with Gasteiger partial charge in [-0.1, -0.05) is 12.1 Å². The van der Waals surface area contributed by atoms with Crippen LogP contribution in [0.2, 0.25) is 0 Å². The Morgan fingerprint density at radius 2 is 1.67 bits per heavy atom. The summed E-state index contributed by atoms with van der Waals surface area (Å²) in [6, 6.07) is 18.6. The first-order valence-electron chi connectivity index (χ1n) is 8.75. The molecule has 1 aromatic heterocycles. The molecule has 0 spiro atoms. The highest BCUT2D eigenvalue weighted by Crippen LogP contribution is 2.26. The number of anilines is 1. The molecule has 0 bridgehead atoms. The van der Waals surface area contributed by atoms with Crippen LogP contribution in [0.3, 0.4) is 0 Å². The van der Waals surface area contributed by atoms with E-state index < -0.39 is 0 Å². The fourth-order valence-corrected chi connectivity index (χ4v) is 3.20. The van der Waals surface area contributed by atoms with Gasteiger partial charge in [0, 0.05) is 36.9 Å². The molecule has 0 aliphatic heterocycles. The lowest BCUT2D eigenvalue weighted by molar-refractivity contribution is 0.627. The highest BCUT2D eigenvalue weighted by Gasteiger charge is 2.11. The largest absolute Gasteiger partial charge is 0.378 e. The summed E-state index contributed by atoms with van der Waals surface area (Å²) in [5.74, 6) is -0.310. The minimum atomic E-state index is -0.310. The zero-order chi connectivity index (χ0) is 19.6. The average Bonchev–Trinajstić information content (AvgIpc) is 2.94. The zero-order valence-corrected chi connectivity index (χ0v) is 16.0. The van der Waals surface area contributed by atoms with E-state index in [0.717, 1.165) is 28.3 Å². The van der Waals surface area contributed by atoms with Crippen LogP contribution in [0.25, 0.3) is 17.3 Å². The van der Waals surface area contributed by atoms with E-state index in [0.29, 0.717) is 11.1 Å². The van der Waals surface area contributed by atoms with Gasteiger partial charge >= 0.3 is 0 Å². The standard InChI is InChI=1S/C23H22FN3/c1-16-13-19(14-20(15-25)18-5-7-21(24)8-6-18)17(2)27(16)23-11-9-22(10-12-23)26(3)4/h5-14H,1-4H3/b20-14-. The summed E-state index contributed by atoms with van der Waals surface area (Å²) in [5.41, 5.74) is 6.56. The molecule has 0 saturated carbocycles. The third-order valence-electron chi connectivity index (χ3n) is 4.67. The van der Waals surface area contributed by atoms with E-state index in [1.165, 1.54) is 12.1 Å². The van der Waals surface area contributed by atoms with Gasteiger partial charge in [-0.2, -0.15) is 5.26 Å². The number of rotatable bonds is 4. The van der Waals surface area contributed by atoms with E-state index >= 15 is 0 Å². The van der Waals surface area contributed by atoms with E-state index in [9.17, 15) is 9.65 Å². The van der Waals surface area contributed by atoms with Crippen LogP contribution >= 0.6 is 0 Å². The Hall–Kier alpha value is -3.32. The van der Waals surface area contributed by atoms with Crippen LogP contribution in [-0.2, 0) is 0 Å². The Balaban J connectivity index is 2.02. The van der Waals surface area contributed by atoms with Crippen LogP contribution in [0.15, 0.2) is 54.6 Å². The molecule has 0 aliphatic rings. The lowest BCUT2D eigenvalue weighted by atomic mass is 10.0. The average molecular weight is 359 g/mol. The van der Waals surface area contributed by atoms with Crippen molar-refractivity contribution < 1.29 is 4.39 Å². The Bertz CT molecular complexity index is 1020. The molecule has 0 radical (unpaired) electrons. The van der Waals surface area contributed by atoms with Gasteiger partial charge < -0.3 is 9.47 Å². The maximum Gasteiger partial charge on any atom is 0.123 e. The van der Waals surface area contributed by atoms with Gasteiger partial charge in [0.05, 0.1) is 11.6 Å². The fourth-order valence-electron chi connectivity index (χ4n) is 3.20. The second-order valence-electron chi connectivity index (χ2n) is 6.75. The lowest BCUT2D eigenvalue weighted by Gasteiger charge is -2.15. The molecule has 0 fully saturated rings. The molecule has 0 atom stereocenters. The first-order chi connectivity index (χ1) is 12.9. The lowest BCUT2D eigenvalue weighted by Crippen LogP contribution is -2.08. The van der Waals surface area contributed by atoms with Crippen molar-refractivity contribution in [1.82, 2.24) is 4.57 Å². The number of benzene rings is 2. The number of hydrogen-bond acceptors (Lipinski definition) is 2. The summed E-state index contributed by atoms with van der Waals surface area (Å²) in [6.07, 6.45) is 1.86. The van der Waals surface area contributed by atoms with E-state index in [-0.39, 0.29) is 5.82 Å². The van der Waals surface area contributed by atoms with Gasteiger partial charge in [0.15, 0.2) is 0 Å². The van der Waals surface area contributed by atoms with Crippen LogP contribution in [0.1, 0.15) is 22.5 Å². The molecule has 2 aromatic carbocycles. The van der Waals surface area contributed by atoms with Gasteiger partial charge in [0.1, 0.15) is 5.82 Å². The van der Waals surface area contributed by atoms with E-state index in [1.54, 1.807) is 12.1 Å². The zero-order valence-electron chi connectivity index (χ0n) is 16.0. The van der Waals surface area contributed by atoms with E-state index in [2.05, 4.69) is 45.9 Å². The Kier molecular flexibility index (Phi) is 5.14. The maximum absolute atomic E-state index is 13.2. The van der Waals surface area contributed by atoms with Crippen LogP contribution in [0.5, 0.6) is 0 Å². The normalized spacial score (nSPS) is 11.3. The van der Waals surface area contributed by atoms with Crippen LogP contribution < -0.4 is 4.90 Å². The third-order valence-corrected chi connectivity index (χ3v) is 4.67. The molecule has 0 amide bonds. The highest BCUT2D eigenvalue weighted by molar-refractivity contribution is 5.90. The SMILES string of the molecule is Cc1cc(/C=C(/C#N)c2ccc(F)cc2)c(C)n1-c1ccc(N(C)C)cc1. The maximum atomic E-state index is 13.2.